The predicted molar refractivity (Wildman–Crippen MR) is 111 cm³/mol. The summed E-state index contributed by atoms with van der Waals surface area (Å²) in [4.78, 5) is 16.1. The van der Waals surface area contributed by atoms with Gasteiger partial charge in [0, 0.05) is 24.7 Å². The molecule has 0 aliphatic rings. The predicted octanol–water partition coefficient (Wildman–Crippen LogP) is 3.86. The smallest absolute Gasteiger partial charge is 0.224 e. The molecule has 0 aliphatic carbocycles. The van der Waals surface area contributed by atoms with Gasteiger partial charge in [-0.15, -0.1) is 24.8 Å². The minimum atomic E-state index is -0.0352. The molecule has 0 spiro atoms. The highest BCUT2D eigenvalue weighted by Crippen LogP contribution is 2.31. The zero-order valence-electron chi connectivity index (χ0n) is 15.3. The van der Waals surface area contributed by atoms with Crippen molar-refractivity contribution in [1.29, 1.82) is 0 Å². The summed E-state index contributed by atoms with van der Waals surface area (Å²) in [6.07, 6.45) is 3.66. The Morgan fingerprint density at radius 1 is 1.15 bits per heavy atom. The van der Waals surface area contributed by atoms with E-state index in [2.05, 4.69) is 10.3 Å². The number of nitrogens with zero attached hydrogens (tertiary/aromatic N) is 1. The first-order chi connectivity index (χ1) is 12.2. The average Bonchev–Trinajstić information content (AvgIpc) is 2.65. The first-order valence-electron chi connectivity index (χ1n) is 8.55. The second-order valence-corrected chi connectivity index (χ2v) is 5.53. The van der Waals surface area contributed by atoms with E-state index in [9.17, 15) is 4.79 Å². The number of carbonyl (C=O) groups is 1. The SMILES string of the molecule is CCCOc1ccccc1Oc1ncccc1CNC(=O)CCCN.Cl.Cl. The molecular formula is C19H27Cl2N3O3. The van der Waals surface area contributed by atoms with Crippen LogP contribution in [0.1, 0.15) is 31.7 Å². The molecule has 27 heavy (non-hydrogen) atoms. The van der Waals surface area contributed by atoms with Gasteiger partial charge < -0.3 is 20.5 Å². The highest BCUT2D eigenvalue weighted by atomic mass is 35.5. The van der Waals surface area contributed by atoms with Crippen LogP contribution in [0.3, 0.4) is 0 Å². The molecule has 0 bridgehead atoms. The number of halogens is 2. The Balaban J connectivity index is 0.00000338. The fourth-order valence-corrected chi connectivity index (χ4v) is 2.17. The van der Waals surface area contributed by atoms with Crippen LogP contribution in [0.4, 0.5) is 0 Å². The van der Waals surface area contributed by atoms with Gasteiger partial charge in [0.2, 0.25) is 11.8 Å². The van der Waals surface area contributed by atoms with Crippen LogP contribution in [0.15, 0.2) is 42.6 Å². The molecule has 0 aliphatic heterocycles. The molecule has 1 heterocycles. The minimum absolute atomic E-state index is 0. The third kappa shape index (κ3) is 8.47. The van der Waals surface area contributed by atoms with Crippen LogP contribution in [0, 0.1) is 0 Å². The van der Waals surface area contributed by atoms with E-state index in [0.29, 0.717) is 49.9 Å². The fraction of sp³-hybridized carbons (Fsp3) is 0.368. The molecule has 1 amide bonds. The third-order valence-electron chi connectivity index (χ3n) is 3.45. The molecule has 0 radical (unpaired) electrons. The number of nitrogens with two attached hydrogens (primary N) is 1. The lowest BCUT2D eigenvalue weighted by molar-refractivity contribution is -0.121. The molecule has 2 aromatic rings. The van der Waals surface area contributed by atoms with Crippen molar-refractivity contribution in [1.82, 2.24) is 10.3 Å². The quantitative estimate of drug-likeness (QED) is 0.614. The van der Waals surface area contributed by atoms with Crippen molar-refractivity contribution in [3.8, 4) is 17.4 Å². The van der Waals surface area contributed by atoms with E-state index in [-0.39, 0.29) is 30.7 Å². The Bertz CT molecular complexity index is 687. The molecule has 8 heteroatoms. The lowest BCUT2D eigenvalue weighted by Crippen LogP contribution is -2.23. The van der Waals surface area contributed by atoms with Gasteiger partial charge >= 0.3 is 0 Å². The van der Waals surface area contributed by atoms with E-state index in [0.717, 1.165) is 12.0 Å². The second-order valence-electron chi connectivity index (χ2n) is 5.53. The number of nitrogens with one attached hydrogen (secondary N) is 1. The van der Waals surface area contributed by atoms with Crippen molar-refractivity contribution in [2.75, 3.05) is 13.2 Å². The fourth-order valence-electron chi connectivity index (χ4n) is 2.17. The van der Waals surface area contributed by atoms with Gasteiger partial charge in [0.15, 0.2) is 11.5 Å². The maximum atomic E-state index is 11.8. The van der Waals surface area contributed by atoms with Gasteiger partial charge in [0.1, 0.15) is 0 Å². The van der Waals surface area contributed by atoms with Crippen LogP contribution < -0.4 is 20.5 Å². The van der Waals surface area contributed by atoms with Crippen LogP contribution in [-0.4, -0.2) is 24.0 Å². The summed E-state index contributed by atoms with van der Waals surface area (Å²) in [6, 6.07) is 11.2. The molecule has 0 saturated carbocycles. The number of hydrogen-bond donors (Lipinski definition) is 2. The monoisotopic (exact) mass is 415 g/mol. The van der Waals surface area contributed by atoms with Gasteiger partial charge in [-0.3, -0.25) is 4.79 Å². The summed E-state index contributed by atoms with van der Waals surface area (Å²) in [6.45, 7) is 3.52. The van der Waals surface area contributed by atoms with Crippen LogP contribution in [0.5, 0.6) is 17.4 Å². The number of benzene rings is 1. The molecule has 0 unspecified atom stereocenters. The molecule has 3 N–H and O–H groups in total. The van der Waals surface area contributed by atoms with Crippen LogP contribution in [0.2, 0.25) is 0 Å². The topological polar surface area (TPSA) is 86.5 Å². The summed E-state index contributed by atoms with van der Waals surface area (Å²) < 4.78 is 11.7. The zero-order chi connectivity index (χ0) is 17.9. The largest absolute Gasteiger partial charge is 0.490 e. The molecule has 6 nitrogen and oxygen atoms in total. The summed E-state index contributed by atoms with van der Waals surface area (Å²) in [5.74, 6) is 1.69. The van der Waals surface area contributed by atoms with Crippen LogP contribution in [-0.2, 0) is 11.3 Å². The lowest BCUT2D eigenvalue weighted by Gasteiger charge is -2.14. The van der Waals surface area contributed by atoms with Crippen molar-refractivity contribution in [2.24, 2.45) is 5.73 Å². The Hall–Kier alpha value is -2.02. The molecular weight excluding hydrogens is 389 g/mol. The number of ether oxygens (including phenoxy) is 2. The van der Waals surface area contributed by atoms with Crippen molar-refractivity contribution in [3.63, 3.8) is 0 Å². The van der Waals surface area contributed by atoms with Gasteiger partial charge in [0.25, 0.3) is 0 Å². The van der Waals surface area contributed by atoms with E-state index >= 15 is 0 Å². The Labute approximate surface area is 172 Å². The Morgan fingerprint density at radius 2 is 1.89 bits per heavy atom. The average molecular weight is 416 g/mol. The first-order valence-corrected chi connectivity index (χ1v) is 8.55. The maximum Gasteiger partial charge on any atom is 0.224 e. The highest BCUT2D eigenvalue weighted by Gasteiger charge is 2.11. The Kier molecular flexibility index (Phi) is 13.0. The summed E-state index contributed by atoms with van der Waals surface area (Å²) in [5, 5.41) is 2.86. The molecule has 2 rings (SSSR count). The normalized spacial score (nSPS) is 9.56. The first kappa shape index (κ1) is 25.0. The van der Waals surface area contributed by atoms with Crippen LogP contribution in [0.25, 0.3) is 0 Å². The Morgan fingerprint density at radius 3 is 2.59 bits per heavy atom. The molecule has 0 atom stereocenters. The standard InChI is InChI=1S/C19H25N3O3.2ClH/c1-2-13-24-16-8-3-4-9-17(16)25-19-15(7-6-12-21-19)14-22-18(23)10-5-11-20;;/h3-4,6-9,12H,2,5,10-11,13-14,20H2,1H3,(H,22,23);2*1H. The number of rotatable bonds is 10. The third-order valence-corrected chi connectivity index (χ3v) is 3.45. The molecule has 0 saturated heterocycles. The number of pyridine rings is 1. The van der Waals surface area contributed by atoms with E-state index in [1.165, 1.54) is 0 Å². The van der Waals surface area contributed by atoms with Crippen molar-refractivity contribution >= 4 is 30.7 Å². The van der Waals surface area contributed by atoms with Crippen LogP contribution >= 0.6 is 24.8 Å². The summed E-state index contributed by atoms with van der Waals surface area (Å²) in [7, 11) is 0. The number of hydrogen-bond acceptors (Lipinski definition) is 5. The zero-order valence-corrected chi connectivity index (χ0v) is 17.0. The lowest BCUT2D eigenvalue weighted by atomic mass is 10.2. The summed E-state index contributed by atoms with van der Waals surface area (Å²) in [5.41, 5.74) is 6.22. The van der Waals surface area contributed by atoms with Gasteiger partial charge in [-0.2, -0.15) is 0 Å². The maximum absolute atomic E-state index is 11.8. The molecule has 1 aromatic heterocycles. The minimum Gasteiger partial charge on any atom is -0.490 e. The molecule has 1 aromatic carbocycles. The van der Waals surface area contributed by atoms with E-state index in [4.69, 9.17) is 15.2 Å². The number of aromatic nitrogens is 1. The molecule has 150 valence electrons. The molecule has 0 fully saturated rings. The number of carbonyl (C=O) groups excluding carboxylic acids is 1. The van der Waals surface area contributed by atoms with Gasteiger partial charge in [-0.1, -0.05) is 25.1 Å². The van der Waals surface area contributed by atoms with Crippen molar-refractivity contribution in [3.05, 3.63) is 48.2 Å². The summed E-state index contributed by atoms with van der Waals surface area (Å²) >= 11 is 0. The van der Waals surface area contributed by atoms with E-state index in [1.807, 2.05) is 43.3 Å². The van der Waals surface area contributed by atoms with Gasteiger partial charge in [-0.05, 0) is 37.6 Å². The van der Waals surface area contributed by atoms with Gasteiger partial charge in [0.05, 0.1) is 6.61 Å². The van der Waals surface area contributed by atoms with Gasteiger partial charge in [-0.25, -0.2) is 4.98 Å². The van der Waals surface area contributed by atoms with Crippen molar-refractivity contribution in [2.45, 2.75) is 32.7 Å². The van der Waals surface area contributed by atoms with E-state index in [1.54, 1.807) is 6.20 Å². The number of amides is 1. The second kappa shape index (κ2) is 14.1. The number of para-hydroxylation sites is 2. The van der Waals surface area contributed by atoms with E-state index < -0.39 is 0 Å². The highest BCUT2D eigenvalue weighted by molar-refractivity contribution is 5.85. The van der Waals surface area contributed by atoms with Crippen molar-refractivity contribution < 1.29 is 14.3 Å².